The number of hydrogen-bond donors (Lipinski definition) is 2. The number of benzene rings is 1. The molecule has 1 amide bonds. The molecule has 0 heterocycles. The Balaban J connectivity index is 2.73. The van der Waals surface area contributed by atoms with E-state index in [0.29, 0.717) is 11.4 Å². The Morgan fingerprint density at radius 2 is 2.21 bits per heavy atom. The van der Waals surface area contributed by atoms with E-state index in [2.05, 4.69) is 5.32 Å². The Morgan fingerprint density at radius 1 is 1.47 bits per heavy atom. The van der Waals surface area contributed by atoms with Crippen LogP contribution in [0.25, 0.3) is 0 Å². The Bertz CT molecular complexity index is 525. The van der Waals surface area contributed by atoms with Crippen molar-refractivity contribution < 1.29 is 19.4 Å². The van der Waals surface area contributed by atoms with E-state index < -0.39 is 5.97 Å². The second-order valence-corrected chi connectivity index (χ2v) is 4.41. The Morgan fingerprint density at radius 3 is 2.79 bits per heavy atom. The Hall–Kier alpha value is -2.20. The molecule has 6 nitrogen and oxygen atoms in total. The number of carbonyl (C=O) groups excluding carboxylic acids is 1. The Kier molecular flexibility index (Phi) is 5.70. The fraction of sp³-hybridized carbons (Fsp3) is 0.250. The maximum atomic E-state index is 11.6. The van der Waals surface area contributed by atoms with Crippen molar-refractivity contribution in [3.63, 3.8) is 0 Å². The third-order valence-electron chi connectivity index (χ3n) is 2.09. The van der Waals surface area contributed by atoms with Crippen molar-refractivity contribution in [1.29, 1.82) is 5.26 Å². The second kappa shape index (κ2) is 7.28. The number of aliphatic carboxylic acids is 1. The number of methoxy groups -OCH3 is 1. The molecule has 0 atom stereocenters. The number of hydrogen-bond acceptors (Lipinski definition) is 5. The van der Waals surface area contributed by atoms with Crippen LogP contribution in [0.5, 0.6) is 5.75 Å². The van der Waals surface area contributed by atoms with E-state index in [1.54, 1.807) is 18.2 Å². The summed E-state index contributed by atoms with van der Waals surface area (Å²) in [5.41, 5.74) is 0.587. The van der Waals surface area contributed by atoms with Crippen LogP contribution in [0, 0.1) is 11.3 Å². The van der Waals surface area contributed by atoms with Crippen LogP contribution in [0.1, 0.15) is 5.56 Å². The van der Waals surface area contributed by atoms with Gasteiger partial charge in [-0.3, -0.25) is 9.59 Å². The predicted molar refractivity (Wildman–Crippen MR) is 71.3 cm³/mol. The first-order valence-electron chi connectivity index (χ1n) is 5.25. The van der Waals surface area contributed by atoms with E-state index >= 15 is 0 Å². The number of nitrogens with one attached hydrogen (secondary N) is 1. The highest BCUT2D eigenvalue weighted by Gasteiger charge is 2.12. The third kappa shape index (κ3) is 4.52. The van der Waals surface area contributed by atoms with Gasteiger partial charge in [0.05, 0.1) is 24.2 Å². The quantitative estimate of drug-likeness (QED) is 0.815. The van der Waals surface area contributed by atoms with E-state index in [9.17, 15) is 9.59 Å². The standard InChI is InChI=1S/C12H12N2O4S/c1-18-9-4-2-3-8(5-13)12(9)14-10(15)6-19-7-11(16)17/h2-4H,6-7H2,1H3,(H,14,15)(H,16,17). The van der Waals surface area contributed by atoms with Crippen LogP contribution in [-0.2, 0) is 9.59 Å². The van der Waals surface area contributed by atoms with Crippen LogP contribution >= 0.6 is 11.8 Å². The molecule has 1 aromatic rings. The summed E-state index contributed by atoms with van der Waals surface area (Å²) in [5.74, 6) is -1.13. The van der Waals surface area contributed by atoms with Gasteiger partial charge in [0.25, 0.3) is 0 Å². The molecule has 0 aliphatic rings. The topological polar surface area (TPSA) is 99.4 Å². The minimum atomic E-state index is -0.979. The van der Waals surface area contributed by atoms with E-state index in [4.69, 9.17) is 15.1 Å². The number of para-hydroxylation sites is 1. The smallest absolute Gasteiger partial charge is 0.313 e. The van der Waals surface area contributed by atoms with Gasteiger partial charge in [0, 0.05) is 0 Å². The van der Waals surface area contributed by atoms with Crippen molar-refractivity contribution in [2.24, 2.45) is 0 Å². The molecule has 1 rings (SSSR count). The summed E-state index contributed by atoms with van der Waals surface area (Å²) in [4.78, 5) is 22.0. The maximum absolute atomic E-state index is 11.6. The fourth-order valence-corrected chi connectivity index (χ4v) is 1.86. The largest absolute Gasteiger partial charge is 0.495 e. The summed E-state index contributed by atoms with van der Waals surface area (Å²) < 4.78 is 5.06. The van der Waals surface area contributed by atoms with Gasteiger partial charge in [-0.2, -0.15) is 5.26 Å². The number of nitrogens with zero attached hydrogens (tertiary/aromatic N) is 1. The van der Waals surface area contributed by atoms with Crippen molar-refractivity contribution >= 4 is 29.3 Å². The summed E-state index contributed by atoms with van der Waals surface area (Å²) in [6.45, 7) is 0. The number of amides is 1. The lowest BCUT2D eigenvalue weighted by atomic mass is 10.2. The van der Waals surface area contributed by atoms with Gasteiger partial charge < -0.3 is 15.2 Å². The van der Waals surface area contributed by atoms with Gasteiger partial charge in [0.1, 0.15) is 17.5 Å². The Labute approximate surface area is 114 Å². The van der Waals surface area contributed by atoms with Crippen molar-refractivity contribution in [2.75, 3.05) is 23.9 Å². The number of carboxylic acids is 1. The van der Waals surface area contributed by atoms with Crippen molar-refractivity contribution in [3.05, 3.63) is 23.8 Å². The maximum Gasteiger partial charge on any atom is 0.313 e. The minimum absolute atomic E-state index is 0.00474. The van der Waals surface area contributed by atoms with E-state index in [0.717, 1.165) is 11.8 Å². The van der Waals surface area contributed by atoms with Crippen molar-refractivity contribution in [3.8, 4) is 11.8 Å². The molecule has 100 valence electrons. The number of thioether (sulfide) groups is 1. The van der Waals surface area contributed by atoms with Crippen LogP contribution < -0.4 is 10.1 Å². The van der Waals surface area contributed by atoms with E-state index in [1.165, 1.54) is 7.11 Å². The molecule has 0 aliphatic heterocycles. The SMILES string of the molecule is COc1cccc(C#N)c1NC(=O)CSCC(=O)O. The predicted octanol–water partition coefficient (Wildman–Crippen LogP) is 1.32. The molecular formula is C12H12N2O4S. The lowest BCUT2D eigenvalue weighted by Gasteiger charge is -2.11. The van der Waals surface area contributed by atoms with Crippen LogP contribution in [0.4, 0.5) is 5.69 Å². The molecule has 0 saturated carbocycles. The molecule has 0 aromatic heterocycles. The van der Waals surface area contributed by atoms with Crippen LogP contribution in [-0.4, -0.2) is 35.6 Å². The molecule has 2 N–H and O–H groups in total. The number of nitriles is 1. The fourth-order valence-electron chi connectivity index (χ4n) is 1.33. The van der Waals surface area contributed by atoms with Gasteiger partial charge in [-0.05, 0) is 12.1 Å². The molecule has 0 radical (unpaired) electrons. The van der Waals surface area contributed by atoms with Gasteiger partial charge in [0.2, 0.25) is 5.91 Å². The highest BCUT2D eigenvalue weighted by atomic mass is 32.2. The molecule has 0 spiro atoms. The molecule has 0 bridgehead atoms. The summed E-state index contributed by atoms with van der Waals surface area (Å²) in [7, 11) is 1.44. The summed E-state index contributed by atoms with van der Waals surface area (Å²) in [5, 5.41) is 20.0. The van der Waals surface area contributed by atoms with Gasteiger partial charge >= 0.3 is 5.97 Å². The molecule has 0 unspecified atom stereocenters. The third-order valence-corrected chi connectivity index (χ3v) is 3.01. The van der Waals surface area contributed by atoms with Crippen molar-refractivity contribution in [1.82, 2.24) is 0 Å². The van der Waals surface area contributed by atoms with Gasteiger partial charge in [0.15, 0.2) is 0 Å². The number of rotatable bonds is 6. The molecule has 0 fully saturated rings. The molecular weight excluding hydrogens is 268 g/mol. The van der Waals surface area contributed by atoms with E-state index in [-0.39, 0.29) is 23.0 Å². The highest BCUT2D eigenvalue weighted by molar-refractivity contribution is 8.00. The monoisotopic (exact) mass is 280 g/mol. The van der Waals surface area contributed by atoms with Crippen LogP contribution in [0.3, 0.4) is 0 Å². The lowest BCUT2D eigenvalue weighted by Crippen LogP contribution is -2.16. The average molecular weight is 280 g/mol. The molecule has 0 aliphatic carbocycles. The zero-order valence-corrected chi connectivity index (χ0v) is 11.0. The lowest BCUT2D eigenvalue weighted by molar-refractivity contribution is -0.133. The first kappa shape index (κ1) is 14.9. The summed E-state index contributed by atoms with van der Waals surface area (Å²) >= 11 is 0.980. The molecule has 0 saturated heterocycles. The van der Waals surface area contributed by atoms with Gasteiger partial charge in [-0.1, -0.05) is 6.07 Å². The van der Waals surface area contributed by atoms with Gasteiger partial charge in [-0.25, -0.2) is 0 Å². The zero-order valence-electron chi connectivity index (χ0n) is 10.2. The van der Waals surface area contributed by atoms with Crippen LogP contribution in [0.15, 0.2) is 18.2 Å². The van der Waals surface area contributed by atoms with Crippen molar-refractivity contribution in [2.45, 2.75) is 0 Å². The first-order valence-corrected chi connectivity index (χ1v) is 6.40. The number of ether oxygens (including phenoxy) is 1. The summed E-state index contributed by atoms with van der Waals surface area (Å²) in [6, 6.07) is 6.78. The average Bonchev–Trinajstić information content (AvgIpc) is 2.38. The zero-order chi connectivity index (χ0) is 14.3. The number of anilines is 1. The van der Waals surface area contributed by atoms with E-state index in [1.807, 2.05) is 6.07 Å². The minimum Gasteiger partial charge on any atom is -0.495 e. The second-order valence-electron chi connectivity index (χ2n) is 3.43. The highest BCUT2D eigenvalue weighted by Crippen LogP contribution is 2.27. The molecule has 19 heavy (non-hydrogen) atoms. The first-order chi connectivity index (χ1) is 9.08. The number of carbonyl (C=O) groups is 2. The van der Waals surface area contributed by atoms with Crippen LogP contribution in [0.2, 0.25) is 0 Å². The summed E-state index contributed by atoms with van der Waals surface area (Å²) in [6.07, 6.45) is 0. The normalized spacial score (nSPS) is 9.47. The van der Waals surface area contributed by atoms with Gasteiger partial charge in [-0.15, -0.1) is 11.8 Å². The molecule has 7 heteroatoms. The molecule has 1 aromatic carbocycles. The number of carboxylic acid groups (broad SMARTS) is 1.